The van der Waals surface area contributed by atoms with Crippen molar-refractivity contribution in [1.82, 2.24) is 14.3 Å². The lowest BCUT2D eigenvalue weighted by Crippen LogP contribution is -2.37. The molecule has 2 aromatic rings. The first-order valence-corrected chi connectivity index (χ1v) is 7.71. The fourth-order valence-corrected chi connectivity index (χ4v) is 2.20. The highest BCUT2D eigenvalue weighted by molar-refractivity contribution is 6.30. The summed E-state index contributed by atoms with van der Waals surface area (Å²) < 4.78 is 39.5. The first-order chi connectivity index (χ1) is 11.6. The molecule has 1 atom stereocenters. The lowest BCUT2D eigenvalue weighted by molar-refractivity contribution is -0.207. The second kappa shape index (κ2) is 7.40. The molecule has 0 unspecified atom stereocenters. The molecule has 0 aliphatic heterocycles. The van der Waals surface area contributed by atoms with Gasteiger partial charge in [0.1, 0.15) is 6.54 Å². The number of aliphatic hydroxyl groups excluding tert-OH is 1. The summed E-state index contributed by atoms with van der Waals surface area (Å²) in [7, 11) is 0. The Balaban J connectivity index is 2.51. The van der Waals surface area contributed by atoms with Crippen LogP contribution in [0.1, 0.15) is 13.3 Å². The second-order valence-corrected chi connectivity index (χ2v) is 5.77. The summed E-state index contributed by atoms with van der Waals surface area (Å²) >= 11 is 5.78. The Labute approximate surface area is 145 Å². The number of hydrogen-bond donors (Lipinski definition) is 1. The van der Waals surface area contributed by atoms with Crippen LogP contribution in [-0.2, 0) is 17.9 Å². The normalized spacial score (nSPS) is 13.0. The standard InChI is InChI=1S/C15H15ClF3N3O3/c1-2-11(23)7-22-14(25)21(8-12(24)15(17,18)19)13(20-22)9-3-5-10(16)6-4-9/h3-6,12,24H,2,7-8H2,1H3/t12-/m0/s1. The number of aliphatic hydroxyl groups is 1. The molecule has 0 amide bonds. The number of nitrogens with zero attached hydrogens (tertiary/aromatic N) is 3. The smallest absolute Gasteiger partial charge is 0.382 e. The van der Waals surface area contributed by atoms with Gasteiger partial charge in [-0.15, -0.1) is 5.10 Å². The van der Waals surface area contributed by atoms with Crippen LogP contribution in [0.25, 0.3) is 11.4 Å². The average Bonchev–Trinajstić information content (AvgIpc) is 2.84. The molecular formula is C15H15ClF3N3O3. The van der Waals surface area contributed by atoms with Crippen molar-refractivity contribution in [2.45, 2.75) is 38.7 Å². The van der Waals surface area contributed by atoms with Crippen molar-refractivity contribution in [3.05, 3.63) is 39.8 Å². The molecule has 0 saturated heterocycles. The van der Waals surface area contributed by atoms with E-state index in [0.717, 1.165) is 4.68 Å². The molecule has 0 radical (unpaired) electrons. The summed E-state index contributed by atoms with van der Waals surface area (Å²) in [5.41, 5.74) is -0.575. The first-order valence-electron chi connectivity index (χ1n) is 7.33. The summed E-state index contributed by atoms with van der Waals surface area (Å²) in [6.45, 7) is 0.212. The zero-order valence-electron chi connectivity index (χ0n) is 13.1. The third-order valence-corrected chi connectivity index (χ3v) is 3.73. The van der Waals surface area contributed by atoms with Gasteiger partial charge in [0.15, 0.2) is 17.7 Å². The zero-order chi connectivity index (χ0) is 18.8. The molecule has 1 aromatic heterocycles. The number of ketones is 1. The van der Waals surface area contributed by atoms with Crippen molar-refractivity contribution in [3.8, 4) is 11.4 Å². The summed E-state index contributed by atoms with van der Waals surface area (Å²) in [5.74, 6) is -0.389. The van der Waals surface area contributed by atoms with Crippen molar-refractivity contribution in [1.29, 1.82) is 0 Å². The van der Waals surface area contributed by atoms with Crippen molar-refractivity contribution in [3.63, 3.8) is 0 Å². The predicted molar refractivity (Wildman–Crippen MR) is 84.3 cm³/mol. The van der Waals surface area contributed by atoms with E-state index in [-0.39, 0.29) is 24.6 Å². The van der Waals surface area contributed by atoms with E-state index in [9.17, 15) is 27.9 Å². The first kappa shape index (κ1) is 19.2. The van der Waals surface area contributed by atoms with Gasteiger partial charge >= 0.3 is 11.9 Å². The van der Waals surface area contributed by atoms with Crippen molar-refractivity contribution in [2.24, 2.45) is 0 Å². The average molecular weight is 378 g/mol. The highest BCUT2D eigenvalue weighted by atomic mass is 35.5. The van der Waals surface area contributed by atoms with Crippen LogP contribution in [0.2, 0.25) is 5.02 Å². The van der Waals surface area contributed by atoms with Gasteiger partial charge in [-0.25, -0.2) is 9.48 Å². The third-order valence-electron chi connectivity index (χ3n) is 3.48. The number of alkyl halides is 3. The number of carbonyl (C=O) groups excluding carboxylic acids is 1. The van der Waals surface area contributed by atoms with Gasteiger partial charge in [0.05, 0.1) is 6.54 Å². The number of halogens is 4. The van der Waals surface area contributed by atoms with Crippen molar-refractivity contribution >= 4 is 17.4 Å². The molecule has 0 fully saturated rings. The van der Waals surface area contributed by atoms with Crippen LogP contribution in [0.5, 0.6) is 0 Å². The lowest BCUT2D eigenvalue weighted by atomic mass is 10.2. The van der Waals surface area contributed by atoms with Crippen molar-refractivity contribution < 1.29 is 23.1 Å². The van der Waals surface area contributed by atoms with E-state index in [2.05, 4.69) is 5.10 Å². The summed E-state index contributed by atoms with van der Waals surface area (Å²) in [6.07, 6.45) is -7.48. The van der Waals surface area contributed by atoms with E-state index >= 15 is 0 Å². The van der Waals surface area contributed by atoms with Crippen LogP contribution in [0.4, 0.5) is 13.2 Å². The number of aromatic nitrogens is 3. The molecule has 25 heavy (non-hydrogen) atoms. The molecule has 1 heterocycles. The van der Waals surface area contributed by atoms with Gasteiger partial charge in [0.2, 0.25) is 0 Å². The van der Waals surface area contributed by atoms with E-state index in [1.807, 2.05) is 0 Å². The SMILES string of the molecule is CCC(=O)Cn1nc(-c2ccc(Cl)cc2)n(C[C@H](O)C(F)(F)F)c1=O. The Bertz CT molecular complexity index is 812. The molecule has 0 bridgehead atoms. The second-order valence-electron chi connectivity index (χ2n) is 5.33. The Morgan fingerprint density at radius 3 is 2.44 bits per heavy atom. The monoisotopic (exact) mass is 377 g/mol. The van der Waals surface area contributed by atoms with Crippen LogP contribution < -0.4 is 5.69 Å². The van der Waals surface area contributed by atoms with E-state index < -0.39 is 24.5 Å². The molecule has 0 spiro atoms. The van der Waals surface area contributed by atoms with E-state index in [1.54, 1.807) is 6.92 Å². The minimum absolute atomic E-state index is 0.0890. The number of rotatable bonds is 6. The van der Waals surface area contributed by atoms with Crippen LogP contribution in [0.3, 0.4) is 0 Å². The minimum Gasteiger partial charge on any atom is -0.382 e. The molecule has 2 rings (SSSR count). The number of benzene rings is 1. The van der Waals surface area contributed by atoms with Gasteiger partial charge in [-0.2, -0.15) is 13.2 Å². The quantitative estimate of drug-likeness (QED) is 0.837. The van der Waals surface area contributed by atoms with Crippen molar-refractivity contribution in [2.75, 3.05) is 0 Å². The maximum Gasteiger partial charge on any atom is 0.416 e. The molecular weight excluding hydrogens is 363 g/mol. The number of carbonyl (C=O) groups is 1. The van der Waals surface area contributed by atoms with Gasteiger partial charge in [-0.05, 0) is 24.3 Å². The molecule has 136 valence electrons. The topological polar surface area (TPSA) is 77.1 Å². The Kier molecular flexibility index (Phi) is 5.69. The predicted octanol–water partition coefficient (Wildman–Crippen LogP) is 2.27. The zero-order valence-corrected chi connectivity index (χ0v) is 13.9. The highest BCUT2D eigenvalue weighted by Crippen LogP contribution is 2.24. The van der Waals surface area contributed by atoms with Crippen LogP contribution in [0, 0.1) is 0 Å². The largest absolute Gasteiger partial charge is 0.416 e. The highest BCUT2D eigenvalue weighted by Gasteiger charge is 2.39. The summed E-state index contributed by atoms with van der Waals surface area (Å²) in [5, 5.41) is 13.7. The molecule has 0 aliphatic carbocycles. The van der Waals surface area contributed by atoms with E-state index in [0.29, 0.717) is 15.2 Å². The molecule has 1 N–H and O–H groups in total. The van der Waals surface area contributed by atoms with Gasteiger partial charge in [-0.3, -0.25) is 9.36 Å². The van der Waals surface area contributed by atoms with Crippen LogP contribution in [0.15, 0.2) is 29.1 Å². The Hall–Kier alpha value is -2.13. The van der Waals surface area contributed by atoms with Gasteiger partial charge in [0, 0.05) is 17.0 Å². The fraction of sp³-hybridized carbons (Fsp3) is 0.400. The lowest BCUT2D eigenvalue weighted by Gasteiger charge is -2.15. The maximum atomic E-state index is 12.7. The van der Waals surface area contributed by atoms with Gasteiger partial charge < -0.3 is 5.11 Å². The molecule has 10 heteroatoms. The molecule has 0 saturated carbocycles. The molecule has 1 aromatic carbocycles. The summed E-state index contributed by atoms with van der Waals surface area (Å²) in [4.78, 5) is 23.9. The Morgan fingerprint density at radius 2 is 1.92 bits per heavy atom. The van der Waals surface area contributed by atoms with Gasteiger partial charge in [-0.1, -0.05) is 18.5 Å². The van der Waals surface area contributed by atoms with Gasteiger partial charge in [0.25, 0.3) is 0 Å². The van der Waals surface area contributed by atoms with Crippen LogP contribution in [-0.4, -0.2) is 37.5 Å². The number of hydrogen-bond acceptors (Lipinski definition) is 4. The molecule has 0 aliphatic rings. The van der Waals surface area contributed by atoms with E-state index in [1.165, 1.54) is 24.3 Å². The Morgan fingerprint density at radius 1 is 1.32 bits per heavy atom. The third kappa shape index (κ3) is 4.49. The molecule has 6 nitrogen and oxygen atoms in total. The fourth-order valence-electron chi connectivity index (χ4n) is 2.08. The van der Waals surface area contributed by atoms with E-state index in [4.69, 9.17) is 11.6 Å². The maximum absolute atomic E-state index is 12.7. The number of Topliss-reactive ketones (excluding diaryl/α,β-unsaturated/α-hetero) is 1. The van der Waals surface area contributed by atoms with Crippen LogP contribution >= 0.6 is 11.6 Å². The minimum atomic E-state index is -4.89. The summed E-state index contributed by atoms with van der Waals surface area (Å²) in [6, 6.07) is 5.93.